The van der Waals surface area contributed by atoms with Crippen LogP contribution in [0.3, 0.4) is 0 Å². The van der Waals surface area contributed by atoms with Crippen LogP contribution in [-0.2, 0) is 14.3 Å². The van der Waals surface area contributed by atoms with E-state index in [1.54, 1.807) is 50.2 Å². The molecule has 0 bridgehead atoms. The Morgan fingerprint density at radius 1 is 1.22 bits per heavy atom. The van der Waals surface area contributed by atoms with Gasteiger partial charge < -0.3 is 19.5 Å². The highest BCUT2D eigenvalue weighted by molar-refractivity contribution is 7.07. The lowest BCUT2D eigenvalue weighted by Crippen LogP contribution is -2.40. The molecule has 0 radical (unpaired) electrons. The highest BCUT2D eigenvalue weighted by Crippen LogP contribution is 2.38. The van der Waals surface area contributed by atoms with Gasteiger partial charge in [-0.05, 0) is 49.7 Å². The van der Waals surface area contributed by atoms with Crippen LogP contribution in [0.4, 0.5) is 5.69 Å². The molecule has 3 aliphatic rings. The zero-order chi connectivity index (χ0) is 25.1. The smallest absolute Gasteiger partial charge is 0.338 e. The minimum atomic E-state index is -0.840. The molecule has 6 rings (SSSR count). The topological polar surface area (TPSA) is 108 Å². The SMILES string of the molecule is CCOC(=O)C1=C(C)N=c2s/c(=C3\C(=O)Nc4ccc(Cl)cc43)c(=O)n2[C@@H]1c1ccc2c(c1)OCO2. The molecule has 36 heavy (non-hydrogen) atoms. The number of esters is 1. The highest BCUT2D eigenvalue weighted by atomic mass is 35.5. The molecule has 0 unspecified atom stereocenters. The number of nitrogens with one attached hydrogen (secondary N) is 1. The number of aromatic nitrogens is 1. The first kappa shape index (κ1) is 22.6. The van der Waals surface area contributed by atoms with E-state index in [1.165, 1.54) is 4.57 Å². The van der Waals surface area contributed by atoms with Crippen LogP contribution < -0.4 is 29.7 Å². The lowest BCUT2D eigenvalue weighted by atomic mass is 9.95. The van der Waals surface area contributed by atoms with E-state index in [4.69, 9.17) is 25.8 Å². The summed E-state index contributed by atoms with van der Waals surface area (Å²) in [6.45, 7) is 3.66. The van der Waals surface area contributed by atoms with Gasteiger partial charge in [0, 0.05) is 16.3 Å². The second-order valence-electron chi connectivity index (χ2n) is 8.25. The molecule has 0 aliphatic carbocycles. The molecule has 1 amide bonds. The van der Waals surface area contributed by atoms with Crippen molar-refractivity contribution in [2.24, 2.45) is 4.99 Å². The van der Waals surface area contributed by atoms with E-state index in [0.29, 0.717) is 43.8 Å². The molecule has 1 N–H and O–H groups in total. The molecule has 1 aromatic heterocycles. The van der Waals surface area contributed by atoms with Gasteiger partial charge in [-0.3, -0.25) is 14.2 Å². The van der Waals surface area contributed by atoms with Crippen molar-refractivity contribution in [3.05, 3.63) is 83.5 Å². The molecule has 0 fully saturated rings. The van der Waals surface area contributed by atoms with Crippen LogP contribution in [0.1, 0.15) is 31.0 Å². The Kier molecular flexibility index (Phi) is 5.24. The Labute approximate surface area is 212 Å². The number of thiazole rings is 1. The number of halogens is 1. The van der Waals surface area contributed by atoms with E-state index in [1.807, 2.05) is 0 Å². The largest absolute Gasteiger partial charge is 0.463 e. The van der Waals surface area contributed by atoms with Crippen LogP contribution in [0, 0.1) is 0 Å². The fourth-order valence-electron chi connectivity index (χ4n) is 4.61. The molecule has 1 atom stereocenters. The van der Waals surface area contributed by atoms with Crippen molar-refractivity contribution >= 4 is 46.1 Å². The summed E-state index contributed by atoms with van der Waals surface area (Å²) in [5.41, 5.74) is 2.16. The summed E-state index contributed by atoms with van der Waals surface area (Å²) in [6.07, 6.45) is 0. The maximum atomic E-state index is 13.9. The molecule has 0 spiro atoms. The second-order valence-corrected chi connectivity index (χ2v) is 9.67. The number of fused-ring (bicyclic) bond motifs is 3. The molecular weight excluding hydrogens is 506 g/mol. The summed E-state index contributed by atoms with van der Waals surface area (Å²) in [5.74, 6) is 0.102. The van der Waals surface area contributed by atoms with Gasteiger partial charge in [0.25, 0.3) is 11.5 Å². The molecular formula is C25H18ClN3O6S. The lowest BCUT2D eigenvalue weighted by Gasteiger charge is -2.24. The van der Waals surface area contributed by atoms with Gasteiger partial charge in [-0.2, -0.15) is 0 Å². The number of nitrogens with zero attached hydrogens (tertiary/aromatic N) is 2. The average Bonchev–Trinajstić information content (AvgIpc) is 3.52. The quantitative estimate of drug-likeness (QED) is 0.528. The highest BCUT2D eigenvalue weighted by Gasteiger charge is 2.36. The van der Waals surface area contributed by atoms with Crippen LogP contribution >= 0.6 is 22.9 Å². The minimum absolute atomic E-state index is 0.0849. The lowest BCUT2D eigenvalue weighted by molar-refractivity contribution is -0.139. The molecule has 0 saturated heterocycles. The summed E-state index contributed by atoms with van der Waals surface area (Å²) in [4.78, 5) is 44.9. The Morgan fingerprint density at radius 2 is 2.03 bits per heavy atom. The first-order valence-corrected chi connectivity index (χ1v) is 12.3. The van der Waals surface area contributed by atoms with Crippen molar-refractivity contribution in [3.8, 4) is 11.5 Å². The van der Waals surface area contributed by atoms with Crippen LogP contribution in [0.5, 0.6) is 11.5 Å². The molecule has 9 nitrogen and oxygen atoms in total. The summed E-state index contributed by atoms with van der Waals surface area (Å²) in [6, 6.07) is 9.41. The number of rotatable bonds is 3. The van der Waals surface area contributed by atoms with Crippen LogP contribution in [0.25, 0.3) is 5.57 Å². The van der Waals surface area contributed by atoms with Crippen molar-refractivity contribution in [1.29, 1.82) is 0 Å². The molecule has 3 aliphatic heterocycles. The van der Waals surface area contributed by atoms with E-state index < -0.39 is 23.5 Å². The van der Waals surface area contributed by atoms with Gasteiger partial charge in [0.15, 0.2) is 16.3 Å². The average molecular weight is 524 g/mol. The number of hydrogen-bond acceptors (Lipinski definition) is 8. The fraction of sp³-hybridized carbons (Fsp3) is 0.200. The van der Waals surface area contributed by atoms with E-state index in [-0.39, 0.29) is 29.1 Å². The summed E-state index contributed by atoms with van der Waals surface area (Å²) in [7, 11) is 0. The van der Waals surface area contributed by atoms with E-state index in [0.717, 1.165) is 11.3 Å². The normalized spacial score (nSPS) is 19.0. The summed E-state index contributed by atoms with van der Waals surface area (Å²) < 4.78 is 17.9. The van der Waals surface area contributed by atoms with Gasteiger partial charge in [0.2, 0.25) is 6.79 Å². The monoisotopic (exact) mass is 523 g/mol. The predicted octanol–water partition coefficient (Wildman–Crippen LogP) is 2.50. The van der Waals surface area contributed by atoms with Crippen LogP contribution in [0.2, 0.25) is 5.02 Å². The van der Waals surface area contributed by atoms with Crippen LogP contribution in [-0.4, -0.2) is 29.8 Å². The number of benzene rings is 2. The van der Waals surface area contributed by atoms with Crippen molar-refractivity contribution in [3.63, 3.8) is 0 Å². The fourth-order valence-corrected chi connectivity index (χ4v) is 5.92. The molecule has 4 heterocycles. The first-order chi connectivity index (χ1) is 17.4. The van der Waals surface area contributed by atoms with Crippen molar-refractivity contribution in [2.45, 2.75) is 19.9 Å². The van der Waals surface area contributed by atoms with Crippen molar-refractivity contribution < 1.29 is 23.8 Å². The van der Waals surface area contributed by atoms with E-state index >= 15 is 0 Å². The Balaban J connectivity index is 1.64. The number of carbonyl (C=O) groups excluding carboxylic acids is 2. The van der Waals surface area contributed by atoms with E-state index in [2.05, 4.69) is 10.3 Å². The Morgan fingerprint density at radius 3 is 2.83 bits per heavy atom. The number of ether oxygens (including phenoxy) is 3. The molecule has 3 aromatic rings. The second kappa shape index (κ2) is 8.35. The maximum absolute atomic E-state index is 13.9. The van der Waals surface area contributed by atoms with Crippen molar-refractivity contribution in [2.75, 3.05) is 18.7 Å². The minimum Gasteiger partial charge on any atom is -0.463 e. The predicted molar refractivity (Wildman–Crippen MR) is 132 cm³/mol. The summed E-state index contributed by atoms with van der Waals surface area (Å²) >= 11 is 7.27. The standard InChI is InChI=1S/C25H18ClN3O6S/c1-3-33-24(32)18-11(2)27-25-29(20(18)12-4-7-16-17(8-12)35-10-34-16)23(31)21(36-25)19-14-9-13(26)5-6-15(14)28-22(19)30/h4-9,20H,3,10H2,1-2H3,(H,28,30)/b21-19-/t20-/m1/s1. The number of anilines is 1. The Hall–Kier alpha value is -3.89. The summed E-state index contributed by atoms with van der Waals surface area (Å²) in [5, 5.41) is 3.22. The van der Waals surface area contributed by atoms with Crippen LogP contribution in [0.15, 0.2) is 57.5 Å². The number of carbonyl (C=O) groups is 2. The van der Waals surface area contributed by atoms with Gasteiger partial charge in [-0.1, -0.05) is 29.0 Å². The van der Waals surface area contributed by atoms with Gasteiger partial charge in [0.05, 0.1) is 29.5 Å². The first-order valence-electron chi connectivity index (χ1n) is 11.1. The third-order valence-corrected chi connectivity index (χ3v) is 7.45. The molecule has 182 valence electrons. The number of amides is 1. The zero-order valence-corrected chi connectivity index (χ0v) is 20.7. The van der Waals surface area contributed by atoms with Gasteiger partial charge >= 0.3 is 5.97 Å². The third-order valence-electron chi connectivity index (χ3n) is 6.16. The van der Waals surface area contributed by atoms with Gasteiger partial charge in [0.1, 0.15) is 4.53 Å². The van der Waals surface area contributed by atoms with E-state index in [9.17, 15) is 14.4 Å². The van der Waals surface area contributed by atoms with Gasteiger partial charge in [-0.15, -0.1) is 0 Å². The van der Waals surface area contributed by atoms with Crippen molar-refractivity contribution in [1.82, 2.24) is 4.57 Å². The number of allylic oxidation sites excluding steroid dienone is 1. The molecule has 0 saturated carbocycles. The molecule has 2 aromatic carbocycles. The maximum Gasteiger partial charge on any atom is 0.338 e. The molecule has 11 heteroatoms. The van der Waals surface area contributed by atoms with Gasteiger partial charge in [-0.25, -0.2) is 9.79 Å². The number of hydrogen-bond donors (Lipinski definition) is 1. The third kappa shape index (κ3) is 3.36. The Bertz CT molecular complexity index is 1700. The zero-order valence-electron chi connectivity index (χ0n) is 19.1.